The number of rotatable bonds is 7. The van der Waals surface area contributed by atoms with Gasteiger partial charge in [0.25, 0.3) is 0 Å². The van der Waals surface area contributed by atoms with Gasteiger partial charge in [-0.1, -0.05) is 65.0 Å². The number of hydrogen-bond acceptors (Lipinski definition) is 3. The molecule has 0 heterocycles. The molecule has 0 aromatic heterocycles. The van der Waals surface area contributed by atoms with Gasteiger partial charge in [0, 0.05) is 11.3 Å². The third kappa shape index (κ3) is 2.80. The molecule has 0 aliphatic heterocycles. The molecule has 4 nitrogen and oxygen atoms in total. The first-order chi connectivity index (χ1) is 10.6. The lowest BCUT2D eigenvalue weighted by Gasteiger charge is -2.56. The maximum Gasteiger partial charge on any atom is 0.239 e. The summed E-state index contributed by atoms with van der Waals surface area (Å²) in [6.07, 6.45) is 1.39. The molecule has 0 spiro atoms. The first kappa shape index (κ1) is 19.4. The average Bonchev–Trinajstić information content (AvgIpc) is 2.51. The molecule has 1 aromatic rings. The summed E-state index contributed by atoms with van der Waals surface area (Å²) in [4.78, 5) is 24.5. The Bertz CT molecular complexity index is 550. The van der Waals surface area contributed by atoms with E-state index in [1.165, 1.54) is 0 Å². The molecule has 1 amide bonds. The molecule has 4 heteroatoms. The lowest BCUT2D eigenvalue weighted by atomic mass is 9.50. The van der Waals surface area contributed by atoms with E-state index < -0.39 is 22.8 Å². The number of carbonyl (C=O) groups is 2. The van der Waals surface area contributed by atoms with Gasteiger partial charge in [-0.25, -0.2) is 0 Å². The first-order valence-corrected chi connectivity index (χ1v) is 8.13. The second-order valence-electron chi connectivity index (χ2n) is 7.31. The summed E-state index contributed by atoms with van der Waals surface area (Å²) < 4.78 is 0. The topological polar surface area (TPSA) is 72.2 Å². The maximum absolute atomic E-state index is 12.7. The van der Waals surface area contributed by atoms with Crippen LogP contribution in [-0.2, 0) is 15.0 Å². The van der Waals surface area contributed by atoms with Crippen LogP contribution in [0.3, 0.4) is 0 Å². The van der Waals surface area contributed by atoms with Gasteiger partial charge in [-0.2, -0.15) is 0 Å². The summed E-state index contributed by atoms with van der Waals surface area (Å²) in [5.74, 6) is -1.02. The molecule has 0 bridgehead atoms. The van der Waals surface area contributed by atoms with Crippen molar-refractivity contribution in [2.24, 2.45) is 17.1 Å². The van der Waals surface area contributed by atoms with Gasteiger partial charge in [0.05, 0.1) is 0 Å². The molecule has 0 aliphatic carbocycles. The van der Waals surface area contributed by atoms with Crippen molar-refractivity contribution in [3.05, 3.63) is 35.9 Å². The molecule has 23 heavy (non-hydrogen) atoms. The minimum absolute atomic E-state index is 0.317. The summed E-state index contributed by atoms with van der Waals surface area (Å²) in [6.45, 7) is 10.2. The van der Waals surface area contributed by atoms with E-state index in [9.17, 15) is 9.59 Å². The van der Waals surface area contributed by atoms with Crippen LogP contribution in [0, 0.1) is 11.3 Å². The van der Waals surface area contributed by atoms with Gasteiger partial charge in [-0.05, 0) is 24.4 Å². The summed E-state index contributed by atoms with van der Waals surface area (Å²) in [7, 11) is 1.71. The van der Waals surface area contributed by atoms with Crippen LogP contribution in [0.5, 0.6) is 0 Å². The van der Waals surface area contributed by atoms with Crippen LogP contribution in [0.1, 0.15) is 46.6 Å². The van der Waals surface area contributed by atoms with Gasteiger partial charge in [0.1, 0.15) is 11.8 Å². The molecule has 0 aliphatic rings. The van der Waals surface area contributed by atoms with Crippen molar-refractivity contribution in [1.82, 2.24) is 5.32 Å². The molecule has 2 unspecified atom stereocenters. The molecule has 3 N–H and O–H groups in total. The highest BCUT2D eigenvalue weighted by Crippen LogP contribution is 2.51. The van der Waals surface area contributed by atoms with E-state index in [-0.39, 0.29) is 5.41 Å². The number of nitrogens with two attached hydrogens (primary N) is 1. The van der Waals surface area contributed by atoms with Crippen molar-refractivity contribution in [1.29, 1.82) is 0 Å². The normalized spacial score (nSPS) is 18.5. The monoisotopic (exact) mass is 318 g/mol. The number of carbonyl (C=O) groups excluding carboxylic acids is 2. The van der Waals surface area contributed by atoms with Crippen LogP contribution in [-0.4, -0.2) is 24.8 Å². The molecular weight excluding hydrogens is 288 g/mol. The largest absolute Gasteiger partial charge is 0.368 e. The minimum Gasteiger partial charge on any atom is -0.368 e. The van der Waals surface area contributed by atoms with Crippen LogP contribution in [0.4, 0.5) is 0 Å². The van der Waals surface area contributed by atoms with Gasteiger partial charge in [0.2, 0.25) is 5.91 Å². The number of hydrogen-bond donors (Lipinski definition) is 2. The fourth-order valence-electron chi connectivity index (χ4n) is 3.89. The van der Waals surface area contributed by atoms with Gasteiger partial charge in [0.15, 0.2) is 0 Å². The fraction of sp³-hybridized carbons (Fsp3) is 0.579. The van der Waals surface area contributed by atoms with Crippen LogP contribution in [0.15, 0.2) is 30.3 Å². The molecule has 0 saturated carbocycles. The summed E-state index contributed by atoms with van der Waals surface area (Å²) in [6, 6.07) is 9.83. The van der Waals surface area contributed by atoms with E-state index in [2.05, 4.69) is 26.1 Å². The summed E-state index contributed by atoms with van der Waals surface area (Å²) in [5.41, 5.74) is 4.71. The smallest absolute Gasteiger partial charge is 0.239 e. The van der Waals surface area contributed by atoms with E-state index in [1.807, 2.05) is 44.2 Å². The van der Waals surface area contributed by atoms with Crippen LogP contribution < -0.4 is 11.1 Å². The molecule has 3 atom stereocenters. The Hall–Kier alpha value is -1.68. The molecule has 0 saturated heterocycles. The highest BCUT2D eigenvalue weighted by atomic mass is 16.2. The lowest BCUT2D eigenvalue weighted by Crippen LogP contribution is -2.73. The predicted octanol–water partition coefficient (Wildman–Crippen LogP) is 2.66. The van der Waals surface area contributed by atoms with Crippen molar-refractivity contribution in [2.45, 2.75) is 52.0 Å². The highest BCUT2D eigenvalue weighted by Gasteiger charge is 2.61. The summed E-state index contributed by atoms with van der Waals surface area (Å²) in [5, 5.41) is 3.16. The van der Waals surface area contributed by atoms with Crippen molar-refractivity contribution >= 4 is 12.2 Å². The Balaban J connectivity index is 3.86. The number of amides is 1. The number of primary amides is 1. The van der Waals surface area contributed by atoms with Crippen molar-refractivity contribution in [2.75, 3.05) is 7.05 Å². The number of likely N-dealkylation sites (N-methyl/N-ethyl adjacent to an activating group) is 1. The number of aldehydes is 1. The lowest BCUT2D eigenvalue weighted by molar-refractivity contribution is -0.137. The Morgan fingerprint density at radius 3 is 2.04 bits per heavy atom. The second-order valence-corrected chi connectivity index (χ2v) is 7.31. The zero-order chi connectivity index (χ0) is 17.9. The molecular formula is C19H30N2O2. The summed E-state index contributed by atoms with van der Waals surface area (Å²) >= 11 is 0. The Labute approximate surface area is 139 Å². The first-order valence-electron chi connectivity index (χ1n) is 8.13. The standard InChI is InChI=1S/C19H30N2O2/c1-7-14(13-22)19(21-6,16(20)23)18(5,17(2,3)4)15-11-9-8-10-12-15/h8-14,21H,7H2,1-6H3,(H2,20,23)/t14?,18?,19-/m1/s1. The highest BCUT2D eigenvalue weighted by molar-refractivity contribution is 5.91. The van der Waals surface area contributed by atoms with Crippen LogP contribution >= 0.6 is 0 Å². The van der Waals surface area contributed by atoms with Crippen LogP contribution in [0.2, 0.25) is 0 Å². The Morgan fingerprint density at radius 2 is 1.74 bits per heavy atom. The van der Waals surface area contributed by atoms with Crippen molar-refractivity contribution in [3.8, 4) is 0 Å². The van der Waals surface area contributed by atoms with E-state index in [0.29, 0.717) is 6.42 Å². The van der Waals surface area contributed by atoms with Gasteiger partial charge in [-0.3, -0.25) is 4.79 Å². The van der Waals surface area contributed by atoms with E-state index in [0.717, 1.165) is 11.8 Å². The van der Waals surface area contributed by atoms with Gasteiger partial charge >= 0.3 is 0 Å². The van der Waals surface area contributed by atoms with Gasteiger partial charge < -0.3 is 15.8 Å². The zero-order valence-electron chi connectivity index (χ0n) is 15.1. The Morgan fingerprint density at radius 1 is 1.22 bits per heavy atom. The maximum atomic E-state index is 12.7. The molecule has 0 radical (unpaired) electrons. The number of benzene rings is 1. The fourth-order valence-corrected chi connectivity index (χ4v) is 3.89. The van der Waals surface area contributed by atoms with Crippen LogP contribution in [0.25, 0.3) is 0 Å². The SMILES string of the molecule is CCC(C=O)[C@@](NC)(C(N)=O)C(C)(c1ccccc1)C(C)(C)C. The quantitative estimate of drug-likeness (QED) is 0.759. The van der Waals surface area contributed by atoms with Gasteiger partial charge in [-0.15, -0.1) is 0 Å². The van der Waals surface area contributed by atoms with E-state index in [1.54, 1.807) is 7.05 Å². The molecule has 1 aromatic carbocycles. The van der Waals surface area contributed by atoms with E-state index >= 15 is 0 Å². The second kappa shape index (κ2) is 6.83. The zero-order valence-corrected chi connectivity index (χ0v) is 15.1. The molecule has 1 rings (SSSR count). The molecule has 0 fully saturated rings. The van der Waals surface area contributed by atoms with Crippen molar-refractivity contribution in [3.63, 3.8) is 0 Å². The number of nitrogens with one attached hydrogen (secondary N) is 1. The predicted molar refractivity (Wildman–Crippen MR) is 94.1 cm³/mol. The third-order valence-corrected chi connectivity index (χ3v) is 5.58. The van der Waals surface area contributed by atoms with E-state index in [4.69, 9.17) is 5.73 Å². The Kier molecular flexibility index (Phi) is 5.75. The van der Waals surface area contributed by atoms with Crippen molar-refractivity contribution < 1.29 is 9.59 Å². The minimum atomic E-state index is -1.18. The average molecular weight is 318 g/mol. The molecule has 128 valence electrons. The third-order valence-electron chi connectivity index (χ3n) is 5.58.